The van der Waals surface area contributed by atoms with Crippen molar-refractivity contribution in [2.75, 3.05) is 5.32 Å². The maximum absolute atomic E-state index is 11.8. The second kappa shape index (κ2) is 9.43. The Bertz CT molecular complexity index is 487. The van der Waals surface area contributed by atoms with Gasteiger partial charge in [-0.1, -0.05) is 39.8 Å². The number of anilines is 1. The molecular weight excluding hydrogens is 302 g/mol. The van der Waals surface area contributed by atoms with Crippen molar-refractivity contribution in [1.29, 1.82) is 0 Å². The molecule has 0 heterocycles. The van der Waals surface area contributed by atoms with Crippen molar-refractivity contribution in [1.82, 2.24) is 5.32 Å². The third kappa shape index (κ3) is 6.45. The van der Waals surface area contributed by atoms with Gasteiger partial charge in [0.25, 0.3) is 0 Å². The van der Waals surface area contributed by atoms with Crippen LogP contribution in [0.4, 0.5) is 5.69 Å². The SMILES string of the molecule is CC(C)C(=O)Nc1ccc(CNC(=O)C(N)C(C)C)cc1.Cl. The molecule has 0 saturated carbocycles. The zero-order chi connectivity index (χ0) is 16.0. The van der Waals surface area contributed by atoms with Crippen LogP contribution in [-0.2, 0) is 16.1 Å². The van der Waals surface area contributed by atoms with Gasteiger partial charge < -0.3 is 16.4 Å². The maximum Gasteiger partial charge on any atom is 0.237 e. The van der Waals surface area contributed by atoms with Crippen molar-refractivity contribution >= 4 is 29.9 Å². The molecule has 0 fully saturated rings. The van der Waals surface area contributed by atoms with Crippen LogP contribution in [0.2, 0.25) is 0 Å². The predicted octanol–water partition coefficient (Wildman–Crippen LogP) is 2.30. The van der Waals surface area contributed by atoms with E-state index in [-0.39, 0.29) is 36.1 Å². The van der Waals surface area contributed by atoms with Gasteiger partial charge in [0.15, 0.2) is 0 Å². The first-order valence-electron chi connectivity index (χ1n) is 7.24. The van der Waals surface area contributed by atoms with Gasteiger partial charge in [-0.2, -0.15) is 0 Å². The van der Waals surface area contributed by atoms with Gasteiger partial charge in [-0.3, -0.25) is 9.59 Å². The first kappa shape index (κ1) is 20.4. The average molecular weight is 328 g/mol. The summed E-state index contributed by atoms with van der Waals surface area (Å²) in [5.74, 6) is -0.110. The van der Waals surface area contributed by atoms with Gasteiger partial charge in [-0.15, -0.1) is 12.4 Å². The maximum atomic E-state index is 11.8. The van der Waals surface area contributed by atoms with Crippen LogP contribution in [0.15, 0.2) is 24.3 Å². The van der Waals surface area contributed by atoms with Gasteiger partial charge >= 0.3 is 0 Å². The lowest BCUT2D eigenvalue weighted by molar-refractivity contribution is -0.123. The van der Waals surface area contributed by atoms with Crippen LogP contribution in [0, 0.1) is 11.8 Å². The largest absolute Gasteiger partial charge is 0.351 e. The van der Waals surface area contributed by atoms with Gasteiger partial charge in [0.05, 0.1) is 6.04 Å². The zero-order valence-corrected chi connectivity index (χ0v) is 14.4. The first-order chi connectivity index (χ1) is 9.81. The van der Waals surface area contributed by atoms with Crippen molar-refractivity contribution in [3.63, 3.8) is 0 Å². The van der Waals surface area contributed by atoms with E-state index >= 15 is 0 Å². The Morgan fingerprint density at radius 1 is 1.05 bits per heavy atom. The first-order valence-corrected chi connectivity index (χ1v) is 7.24. The molecule has 4 N–H and O–H groups in total. The van der Waals surface area contributed by atoms with E-state index in [1.165, 1.54) is 0 Å². The summed E-state index contributed by atoms with van der Waals surface area (Å²) >= 11 is 0. The topological polar surface area (TPSA) is 84.2 Å². The van der Waals surface area contributed by atoms with Crippen molar-refractivity contribution in [2.24, 2.45) is 17.6 Å². The number of carbonyl (C=O) groups excluding carboxylic acids is 2. The van der Waals surface area contributed by atoms with E-state index in [2.05, 4.69) is 10.6 Å². The summed E-state index contributed by atoms with van der Waals surface area (Å²) in [7, 11) is 0. The van der Waals surface area contributed by atoms with Crippen LogP contribution in [0.1, 0.15) is 33.3 Å². The Labute approximate surface area is 138 Å². The highest BCUT2D eigenvalue weighted by molar-refractivity contribution is 5.92. The molecule has 124 valence electrons. The summed E-state index contributed by atoms with van der Waals surface area (Å²) in [4.78, 5) is 23.3. The van der Waals surface area contributed by atoms with Gasteiger partial charge in [-0.05, 0) is 23.6 Å². The van der Waals surface area contributed by atoms with E-state index < -0.39 is 6.04 Å². The number of rotatable bonds is 6. The van der Waals surface area contributed by atoms with Crippen molar-refractivity contribution in [2.45, 2.75) is 40.3 Å². The molecule has 0 aliphatic rings. The Hall–Kier alpha value is -1.59. The Morgan fingerprint density at radius 2 is 1.59 bits per heavy atom. The zero-order valence-electron chi connectivity index (χ0n) is 13.6. The lowest BCUT2D eigenvalue weighted by Crippen LogP contribution is -2.43. The van der Waals surface area contributed by atoms with E-state index in [0.29, 0.717) is 6.54 Å². The molecule has 0 saturated heterocycles. The molecule has 1 rings (SSSR count). The van der Waals surface area contributed by atoms with Crippen LogP contribution in [0.25, 0.3) is 0 Å². The highest BCUT2D eigenvalue weighted by Crippen LogP contribution is 2.11. The summed E-state index contributed by atoms with van der Waals surface area (Å²) in [5.41, 5.74) is 7.48. The second-order valence-corrected chi connectivity index (χ2v) is 5.83. The molecule has 1 unspecified atom stereocenters. The number of carbonyl (C=O) groups is 2. The van der Waals surface area contributed by atoms with Crippen molar-refractivity contribution in [3.05, 3.63) is 29.8 Å². The molecule has 0 aliphatic heterocycles. The highest BCUT2D eigenvalue weighted by atomic mass is 35.5. The summed E-state index contributed by atoms with van der Waals surface area (Å²) in [5, 5.41) is 5.63. The minimum atomic E-state index is -0.491. The van der Waals surface area contributed by atoms with Crippen LogP contribution >= 0.6 is 12.4 Å². The summed E-state index contributed by atoms with van der Waals surface area (Å²) in [6.45, 7) is 7.94. The van der Waals surface area contributed by atoms with Crippen LogP contribution < -0.4 is 16.4 Å². The Kier molecular flexibility index (Phi) is 8.75. The number of nitrogens with two attached hydrogens (primary N) is 1. The predicted molar refractivity (Wildman–Crippen MR) is 91.8 cm³/mol. The summed E-state index contributed by atoms with van der Waals surface area (Å²) in [6.07, 6.45) is 0. The lowest BCUT2D eigenvalue weighted by atomic mass is 10.0. The molecule has 22 heavy (non-hydrogen) atoms. The van der Waals surface area contributed by atoms with Gasteiger partial charge in [0.1, 0.15) is 0 Å². The van der Waals surface area contributed by atoms with Crippen molar-refractivity contribution in [3.8, 4) is 0 Å². The van der Waals surface area contributed by atoms with Crippen LogP contribution in [0.5, 0.6) is 0 Å². The number of amides is 2. The fraction of sp³-hybridized carbons (Fsp3) is 0.500. The van der Waals surface area contributed by atoms with E-state index in [0.717, 1.165) is 11.3 Å². The smallest absolute Gasteiger partial charge is 0.237 e. The molecule has 0 aromatic heterocycles. The molecule has 1 aromatic carbocycles. The normalized spacial score (nSPS) is 11.8. The Balaban J connectivity index is 0.00000441. The van der Waals surface area contributed by atoms with Gasteiger partial charge in [-0.25, -0.2) is 0 Å². The van der Waals surface area contributed by atoms with Crippen LogP contribution in [0.3, 0.4) is 0 Å². The Morgan fingerprint density at radius 3 is 2.05 bits per heavy atom. The molecule has 1 atom stereocenters. The average Bonchev–Trinajstić information content (AvgIpc) is 2.45. The highest BCUT2D eigenvalue weighted by Gasteiger charge is 2.16. The number of benzene rings is 1. The van der Waals surface area contributed by atoms with Crippen molar-refractivity contribution < 1.29 is 9.59 Å². The van der Waals surface area contributed by atoms with Crippen LogP contribution in [-0.4, -0.2) is 17.9 Å². The van der Waals surface area contributed by atoms with E-state index in [1.807, 2.05) is 52.0 Å². The summed E-state index contributed by atoms with van der Waals surface area (Å²) < 4.78 is 0. The molecule has 6 heteroatoms. The standard InChI is InChI=1S/C16H25N3O2.ClH/c1-10(2)14(17)16(21)18-9-12-5-7-13(8-6-12)19-15(20)11(3)4;/h5-8,10-11,14H,9,17H2,1-4H3,(H,18,21)(H,19,20);1H. The molecule has 2 amide bonds. The van der Waals surface area contributed by atoms with E-state index in [1.54, 1.807) is 0 Å². The summed E-state index contributed by atoms with van der Waals surface area (Å²) in [6, 6.07) is 6.90. The molecule has 5 nitrogen and oxygen atoms in total. The molecule has 0 aliphatic carbocycles. The molecule has 0 spiro atoms. The van der Waals surface area contributed by atoms with Gasteiger partial charge in [0.2, 0.25) is 11.8 Å². The third-order valence-corrected chi connectivity index (χ3v) is 3.23. The quantitative estimate of drug-likeness (QED) is 0.749. The number of halogens is 1. The fourth-order valence-corrected chi connectivity index (χ4v) is 1.60. The fourth-order valence-electron chi connectivity index (χ4n) is 1.60. The molecule has 0 radical (unpaired) electrons. The molecular formula is C16H26ClN3O2. The van der Waals surface area contributed by atoms with E-state index in [9.17, 15) is 9.59 Å². The lowest BCUT2D eigenvalue weighted by Gasteiger charge is -2.15. The minimum Gasteiger partial charge on any atom is -0.351 e. The number of hydrogen-bond donors (Lipinski definition) is 3. The number of hydrogen-bond acceptors (Lipinski definition) is 3. The third-order valence-electron chi connectivity index (χ3n) is 3.23. The molecule has 1 aromatic rings. The second-order valence-electron chi connectivity index (χ2n) is 5.83. The van der Waals surface area contributed by atoms with Gasteiger partial charge in [0, 0.05) is 18.2 Å². The van der Waals surface area contributed by atoms with E-state index in [4.69, 9.17) is 5.73 Å². The number of nitrogens with one attached hydrogen (secondary N) is 2. The molecule has 0 bridgehead atoms. The monoisotopic (exact) mass is 327 g/mol. The minimum absolute atomic E-state index is 0.